The van der Waals surface area contributed by atoms with Gasteiger partial charge in [-0.05, 0) is 99.6 Å². The molecule has 69 heavy (non-hydrogen) atoms. The van der Waals surface area contributed by atoms with Crippen molar-refractivity contribution in [3.05, 3.63) is 131 Å². The number of halogens is 4. The van der Waals surface area contributed by atoms with Gasteiger partial charge in [-0.2, -0.15) is 34.0 Å². The summed E-state index contributed by atoms with van der Waals surface area (Å²) in [4.78, 5) is 18.7. The molecule has 0 spiro atoms. The maximum Gasteiger partial charge on any atom is 0.311 e. The molecule has 1 aliphatic heterocycles. The molecule has 22 heteroatoms. The van der Waals surface area contributed by atoms with Crippen LogP contribution in [0.15, 0.2) is 112 Å². The Hall–Kier alpha value is -5.07. The molecule has 1 heterocycles. The Morgan fingerprint density at radius 3 is 2.12 bits per heavy atom. The monoisotopic (exact) mass is 1030 g/mol. The first-order chi connectivity index (χ1) is 32.4. The molecule has 2 N–H and O–H groups in total. The second-order valence-electron chi connectivity index (χ2n) is 16.3. The lowest BCUT2D eigenvalue weighted by Crippen LogP contribution is -2.33. The van der Waals surface area contributed by atoms with Gasteiger partial charge in [0.1, 0.15) is 0 Å². The standard InChI is InChI=1S/C47H56F4N2O13S3/c1-46(24-27-63-3,33-16-14-17-34(30-33)68(58,59)60)40(52-25-13-9-12-20-42(54)66-45-43(50)37(48)32-38(49)44(45)51)18-10-7-6-8-11-19-41-47(2,23-15-29-67(55,56)57)36-31-35(69(61,62)65-5)21-22-39(36)53(41)26-28-64-4/h6-8,10-11,14,16-19,21-22,30-32H,9,12-13,15,20,23-29H2,1-5H3,(H,55,56,57)(H,58,59,60)/b7-6+,11-8+,18-10+,41-19+,52-40+. The molecule has 0 fully saturated rings. The number of ether oxygens (including phenoxy) is 3. The Labute approximate surface area is 400 Å². The van der Waals surface area contributed by atoms with E-state index >= 15 is 0 Å². The molecule has 0 radical (unpaired) electrons. The van der Waals surface area contributed by atoms with E-state index in [0.717, 1.165) is 7.11 Å². The second kappa shape index (κ2) is 24.7. The molecule has 3 aromatic carbocycles. The zero-order valence-corrected chi connectivity index (χ0v) is 41.1. The first kappa shape index (κ1) is 56.5. The fraction of sp³-hybridized carbons (Fsp3) is 0.404. The van der Waals surface area contributed by atoms with Crippen molar-refractivity contribution in [1.29, 1.82) is 0 Å². The lowest BCUT2D eigenvalue weighted by atomic mass is 9.75. The van der Waals surface area contributed by atoms with Crippen molar-refractivity contribution >= 4 is 47.7 Å². The Kier molecular flexibility index (Phi) is 20.2. The first-order valence-corrected chi connectivity index (χ1v) is 25.9. The van der Waals surface area contributed by atoms with E-state index in [4.69, 9.17) is 18.6 Å². The number of rotatable bonds is 26. The first-order valence-electron chi connectivity index (χ1n) is 21.5. The van der Waals surface area contributed by atoms with Crippen molar-refractivity contribution in [2.45, 2.75) is 79.4 Å². The number of esters is 1. The van der Waals surface area contributed by atoms with Crippen molar-refractivity contribution in [1.82, 2.24) is 0 Å². The molecular formula is C47H56F4N2O13S3. The van der Waals surface area contributed by atoms with Crippen LogP contribution < -0.4 is 9.64 Å². The van der Waals surface area contributed by atoms with Crippen LogP contribution in [0.1, 0.15) is 69.9 Å². The molecule has 0 amide bonds. The van der Waals surface area contributed by atoms with Gasteiger partial charge in [0.2, 0.25) is 17.4 Å². The minimum atomic E-state index is -4.58. The number of anilines is 1. The highest BCUT2D eigenvalue weighted by Gasteiger charge is 2.44. The van der Waals surface area contributed by atoms with Gasteiger partial charge in [0.15, 0.2) is 11.6 Å². The van der Waals surface area contributed by atoms with Crippen molar-refractivity contribution in [3.8, 4) is 5.75 Å². The van der Waals surface area contributed by atoms with E-state index in [2.05, 4.69) is 4.74 Å². The maximum atomic E-state index is 14.0. The molecule has 2 atom stereocenters. The van der Waals surface area contributed by atoms with Gasteiger partial charge in [0.25, 0.3) is 30.4 Å². The van der Waals surface area contributed by atoms with Gasteiger partial charge in [-0.3, -0.25) is 23.1 Å². The number of hydrogen-bond donors (Lipinski definition) is 2. The van der Waals surface area contributed by atoms with E-state index in [0.29, 0.717) is 54.0 Å². The zero-order chi connectivity index (χ0) is 51.2. The number of carbonyl (C=O) groups excluding carboxylic acids is 1. The highest BCUT2D eigenvalue weighted by Crippen LogP contribution is 2.51. The summed E-state index contributed by atoms with van der Waals surface area (Å²) in [5, 5.41) is 0. The highest BCUT2D eigenvalue weighted by atomic mass is 32.2. The average molecular weight is 1030 g/mol. The van der Waals surface area contributed by atoms with E-state index in [1.807, 2.05) is 24.8 Å². The van der Waals surface area contributed by atoms with Gasteiger partial charge in [-0.25, -0.2) is 8.78 Å². The third-order valence-corrected chi connectivity index (χ3v) is 14.4. The van der Waals surface area contributed by atoms with Crippen LogP contribution >= 0.6 is 0 Å². The number of methoxy groups -OCH3 is 2. The summed E-state index contributed by atoms with van der Waals surface area (Å²) in [5.74, 6) is -10.2. The van der Waals surface area contributed by atoms with Gasteiger partial charge in [-0.15, -0.1) is 0 Å². The van der Waals surface area contributed by atoms with Gasteiger partial charge in [0.05, 0.1) is 29.3 Å². The molecule has 3 aromatic rings. The number of carbonyl (C=O) groups is 1. The summed E-state index contributed by atoms with van der Waals surface area (Å²) in [5.41, 5.74) is 1.03. The summed E-state index contributed by atoms with van der Waals surface area (Å²) >= 11 is 0. The van der Waals surface area contributed by atoms with E-state index in [-0.39, 0.29) is 61.3 Å². The molecule has 0 saturated carbocycles. The SMILES string of the molecule is COCCN1/C(=C/C=C/C=C/C=C/C(=N\CCCCCC(=O)Oc2c(F)c(F)cc(F)c2F)C(C)(CCOC)c2cccc(S(=O)(=O)O)c2)C(C)(CCCS(=O)(=O)O)c2cc(S(=O)(=O)OC)ccc21. The number of hydrogen-bond acceptors (Lipinski definition) is 13. The number of aliphatic imine (C=N–C) groups is 1. The fourth-order valence-corrected chi connectivity index (χ4v) is 9.49. The van der Waals surface area contributed by atoms with Crippen molar-refractivity contribution in [3.63, 3.8) is 0 Å². The molecule has 4 rings (SSSR count). The van der Waals surface area contributed by atoms with E-state index in [9.17, 15) is 56.7 Å². The molecule has 378 valence electrons. The van der Waals surface area contributed by atoms with Crippen LogP contribution in [-0.2, 0) is 59.6 Å². The maximum absolute atomic E-state index is 14.0. The van der Waals surface area contributed by atoms with Crippen LogP contribution in [0.3, 0.4) is 0 Å². The van der Waals surface area contributed by atoms with E-state index in [1.165, 1.54) is 44.6 Å². The molecule has 0 aromatic heterocycles. The van der Waals surface area contributed by atoms with Crippen LogP contribution in [-0.4, -0.2) is 99.4 Å². The third-order valence-electron chi connectivity index (χ3n) is 11.5. The molecule has 0 saturated heterocycles. The van der Waals surface area contributed by atoms with Gasteiger partial charge in [0, 0.05) is 74.3 Å². The predicted octanol–water partition coefficient (Wildman–Crippen LogP) is 8.37. The van der Waals surface area contributed by atoms with Crippen molar-refractivity contribution in [2.24, 2.45) is 4.99 Å². The van der Waals surface area contributed by atoms with Crippen LogP contribution in [0.2, 0.25) is 0 Å². The Balaban J connectivity index is 1.64. The van der Waals surface area contributed by atoms with E-state index in [1.54, 1.807) is 48.6 Å². The fourth-order valence-electron chi connectivity index (χ4n) is 7.76. The lowest BCUT2D eigenvalue weighted by molar-refractivity contribution is -0.135. The summed E-state index contributed by atoms with van der Waals surface area (Å²) in [6, 6.07) is 10.3. The summed E-state index contributed by atoms with van der Waals surface area (Å²) in [6.45, 7) is 4.74. The minimum absolute atomic E-state index is 0.00183. The van der Waals surface area contributed by atoms with Gasteiger partial charge in [-0.1, -0.05) is 48.9 Å². The predicted molar refractivity (Wildman–Crippen MR) is 251 cm³/mol. The third kappa shape index (κ3) is 15.0. The summed E-state index contributed by atoms with van der Waals surface area (Å²) < 4.78 is 168. The van der Waals surface area contributed by atoms with Gasteiger partial charge >= 0.3 is 5.97 Å². The second-order valence-corrected chi connectivity index (χ2v) is 21.0. The largest absolute Gasteiger partial charge is 0.420 e. The quantitative estimate of drug-likeness (QED) is 0.00890. The van der Waals surface area contributed by atoms with Gasteiger partial charge < -0.3 is 19.1 Å². The summed E-state index contributed by atoms with van der Waals surface area (Å²) in [6.07, 6.45) is 13.3. The van der Waals surface area contributed by atoms with Crippen molar-refractivity contribution in [2.75, 3.05) is 58.3 Å². The average Bonchev–Trinajstić information content (AvgIpc) is 3.52. The number of benzene rings is 3. The molecule has 15 nitrogen and oxygen atoms in total. The number of allylic oxidation sites excluding steroid dienone is 8. The lowest BCUT2D eigenvalue weighted by Gasteiger charge is -2.31. The number of nitrogens with zero attached hydrogens (tertiary/aromatic N) is 2. The number of fused-ring (bicyclic) bond motifs is 1. The molecule has 1 aliphatic rings. The molecule has 0 bridgehead atoms. The molecular weight excluding hydrogens is 973 g/mol. The van der Waals surface area contributed by atoms with E-state index < -0.39 is 81.9 Å². The van der Waals surface area contributed by atoms with Crippen LogP contribution in [0.5, 0.6) is 5.75 Å². The van der Waals surface area contributed by atoms with Crippen molar-refractivity contribution < 1.29 is 75.1 Å². The van der Waals surface area contributed by atoms with Crippen LogP contribution in [0, 0.1) is 23.3 Å². The molecule has 2 unspecified atom stereocenters. The smallest absolute Gasteiger partial charge is 0.311 e. The van der Waals surface area contributed by atoms with Crippen LogP contribution in [0.25, 0.3) is 0 Å². The summed E-state index contributed by atoms with van der Waals surface area (Å²) in [7, 11) is -8.90. The topological polar surface area (TPSA) is 212 Å². The molecule has 0 aliphatic carbocycles. The van der Waals surface area contributed by atoms with Crippen LogP contribution in [0.4, 0.5) is 23.2 Å². The normalized spacial score (nSPS) is 17.4. The number of unbranched alkanes of at least 4 members (excludes halogenated alkanes) is 2. The Bertz CT molecular complexity index is 2790. The minimum Gasteiger partial charge on any atom is -0.420 e. The highest BCUT2D eigenvalue weighted by molar-refractivity contribution is 7.86. The zero-order valence-electron chi connectivity index (χ0n) is 38.7. The Morgan fingerprint density at radius 2 is 1.48 bits per heavy atom. The Morgan fingerprint density at radius 1 is 0.812 bits per heavy atom.